The van der Waals surface area contributed by atoms with Gasteiger partial charge in [-0.25, -0.2) is 0 Å². The zero-order chi connectivity index (χ0) is 18.0. The predicted molar refractivity (Wildman–Crippen MR) is 93.4 cm³/mol. The van der Waals surface area contributed by atoms with Gasteiger partial charge in [0.1, 0.15) is 0 Å². The number of amides is 2. The molecule has 6 nitrogen and oxygen atoms in total. The van der Waals surface area contributed by atoms with Crippen molar-refractivity contribution in [3.63, 3.8) is 0 Å². The van der Waals surface area contributed by atoms with Crippen LogP contribution in [0.5, 0.6) is 11.5 Å². The number of nitrogens with zero attached hydrogens (tertiary/aromatic N) is 2. The van der Waals surface area contributed by atoms with Gasteiger partial charge in [-0.3, -0.25) is 9.59 Å². The van der Waals surface area contributed by atoms with E-state index in [1.807, 2.05) is 6.92 Å². The highest BCUT2D eigenvalue weighted by atomic mass is 16.5. The Bertz CT molecular complexity index is 825. The Labute approximate surface area is 151 Å². The van der Waals surface area contributed by atoms with Crippen molar-refractivity contribution in [2.75, 3.05) is 6.61 Å². The highest BCUT2D eigenvalue weighted by molar-refractivity contribution is 6.06. The van der Waals surface area contributed by atoms with Gasteiger partial charge >= 0.3 is 0 Å². The van der Waals surface area contributed by atoms with Crippen molar-refractivity contribution in [2.24, 2.45) is 40.6 Å². The fraction of sp³-hybridized carbons (Fsp3) is 0.450. The van der Waals surface area contributed by atoms with Crippen molar-refractivity contribution in [2.45, 2.75) is 13.3 Å². The number of hydrogen-bond donors (Lipinski definition) is 1. The van der Waals surface area contributed by atoms with Crippen molar-refractivity contribution in [3.8, 4) is 11.5 Å². The van der Waals surface area contributed by atoms with Gasteiger partial charge < -0.3 is 9.84 Å². The molecule has 1 aromatic rings. The Morgan fingerprint density at radius 3 is 2.46 bits per heavy atom. The van der Waals surface area contributed by atoms with Crippen LogP contribution in [0.3, 0.4) is 0 Å². The summed E-state index contributed by atoms with van der Waals surface area (Å²) in [4.78, 5) is 25.7. The average molecular weight is 352 g/mol. The van der Waals surface area contributed by atoms with Crippen molar-refractivity contribution in [1.82, 2.24) is 5.01 Å². The highest BCUT2D eigenvalue weighted by Gasteiger charge is 2.67. The first kappa shape index (κ1) is 15.6. The average Bonchev–Trinajstić information content (AvgIpc) is 3.42. The van der Waals surface area contributed by atoms with Gasteiger partial charge in [0, 0.05) is 0 Å². The summed E-state index contributed by atoms with van der Waals surface area (Å²) >= 11 is 0. The highest BCUT2D eigenvalue weighted by Crippen LogP contribution is 2.65. The molecule has 6 heteroatoms. The van der Waals surface area contributed by atoms with Crippen molar-refractivity contribution in [3.05, 3.63) is 35.9 Å². The van der Waals surface area contributed by atoms with E-state index < -0.39 is 0 Å². The summed E-state index contributed by atoms with van der Waals surface area (Å²) in [5.74, 6) is 1.13. The minimum Gasteiger partial charge on any atom is -0.504 e. The number of allylic oxidation sites excluding steroid dienone is 2. The number of benzene rings is 1. The number of imide groups is 1. The number of aromatic hydroxyl groups is 1. The summed E-state index contributed by atoms with van der Waals surface area (Å²) < 4.78 is 5.35. The summed E-state index contributed by atoms with van der Waals surface area (Å²) in [7, 11) is 0. The lowest BCUT2D eigenvalue weighted by Gasteiger charge is -2.37. The first-order valence-electron chi connectivity index (χ1n) is 9.16. The molecular formula is C20H20N2O4. The number of carbonyl (C=O) groups excluding carboxylic acids is 2. The Balaban J connectivity index is 1.40. The molecule has 0 unspecified atom stereocenters. The molecule has 2 saturated carbocycles. The van der Waals surface area contributed by atoms with Gasteiger partial charge in [0.2, 0.25) is 0 Å². The lowest BCUT2D eigenvalue weighted by atomic mass is 9.63. The maximum atomic E-state index is 12.8. The molecule has 1 aliphatic heterocycles. The van der Waals surface area contributed by atoms with Crippen LogP contribution in [0.4, 0.5) is 0 Å². The summed E-state index contributed by atoms with van der Waals surface area (Å²) in [6.45, 7) is 2.26. The molecule has 2 bridgehead atoms. The van der Waals surface area contributed by atoms with Crippen LogP contribution >= 0.6 is 0 Å². The number of rotatable bonds is 4. The molecule has 1 saturated heterocycles. The molecule has 0 spiro atoms. The largest absolute Gasteiger partial charge is 0.504 e. The van der Waals surface area contributed by atoms with E-state index in [9.17, 15) is 14.7 Å². The molecule has 6 atom stereocenters. The van der Waals surface area contributed by atoms with Crippen LogP contribution in [0.25, 0.3) is 0 Å². The van der Waals surface area contributed by atoms with Crippen molar-refractivity contribution < 1.29 is 19.4 Å². The maximum Gasteiger partial charge on any atom is 0.254 e. The molecule has 0 radical (unpaired) electrons. The standard InChI is InChI=1S/C20H20N2O4/c1-2-26-16-7-10(3-6-15(16)23)9-21-22-19(24)17-11-4-5-12(14-8-13(11)14)18(17)20(22)25/h3-7,9,11-14,17-18,23H,2,8H2,1H3/b21-9+/t11-,12-,13-,14-,17-,18+/m1/s1. The van der Waals surface area contributed by atoms with Crippen LogP contribution in [0.15, 0.2) is 35.5 Å². The monoisotopic (exact) mass is 352 g/mol. The number of phenols is 1. The van der Waals surface area contributed by atoms with Crippen LogP contribution in [-0.2, 0) is 9.59 Å². The second kappa shape index (κ2) is 5.43. The molecule has 26 heavy (non-hydrogen) atoms. The molecule has 1 heterocycles. The van der Waals surface area contributed by atoms with E-state index in [-0.39, 0.29) is 41.2 Å². The van der Waals surface area contributed by atoms with Crippen molar-refractivity contribution >= 4 is 18.0 Å². The summed E-state index contributed by atoms with van der Waals surface area (Å²) in [5, 5.41) is 15.0. The SMILES string of the molecule is CCOc1cc(/C=N/N2C(=O)[C@@H]3[C@@H]4C=C[C@H]([C@H]5C[C@H]45)[C@@H]3C2=O)ccc1O. The molecule has 4 aliphatic carbocycles. The van der Waals surface area contributed by atoms with E-state index in [0.29, 0.717) is 29.8 Å². The van der Waals surface area contributed by atoms with Crippen LogP contribution < -0.4 is 4.74 Å². The summed E-state index contributed by atoms with van der Waals surface area (Å²) in [6.07, 6.45) is 6.91. The maximum absolute atomic E-state index is 12.8. The van der Waals surface area contributed by atoms with Crippen LogP contribution in [-0.4, -0.2) is 34.8 Å². The Kier molecular flexibility index (Phi) is 3.26. The predicted octanol–water partition coefficient (Wildman–Crippen LogP) is 2.18. The van der Waals surface area contributed by atoms with E-state index in [0.717, 1.165) is 11.4 Å². The van der Waals surface area contributed by atoms with E-state index >= 15 is 0 Å². The Morgan fingerprint density at radius 2 is 1.85 bits per heavy atom. The van der Waals surface area contributed by atoms with Gasteiger partial charge in [0.05, 0.1) is 24.7 Å². The third kappa shape index (κ3) is 2.08. The number of hydrazone groups is 1. The zero-order valence-electron chi connectivity index (χ0n) is 14.4. The lowest BCUT2D eigenvalue weighted by molar-refractivity contribution is -0.140. The minimum absolute atomic E-state index is 0.0465. The molecule has 1 N–H and O–H groups in total. The van der Waals surface area contributed by atoms with Crippen LogP contribution in [0.1, 0.15) is 18.9 Å². The fourth-order valence-electron chi connectivity index (χ4n) is 5.06. The lowest BCUT2D eigenvalue weighted by Crippen LogP contribution is -2.40. The number of carbonyl (C=O) groups is 2. The third-order valence-corrected chi connectivity index (χ3v) is 6.25. The second-order valence-corrected chi connectivity index (χ2v) is 7.55. The van der Waals surface area contributed by atoms with Crippen molar-refractivity contribution in [1.29, 1.82) is 0 Å². The zero-order valence-corrected chi connectivity index (χ0v) is 14.4. The Hall–Kier alpha value is -2.63. The number of ether oxygens (including phenoxy) is 1. The van der Waals surface area contributed by atoms with Gasteiger partial charge in [0.15, 0.2) is 11.5 Å². The van der Waals surface area contributed by atoms with Crippen LogP contribution in [0, 0.1) is 35.5 Å². The summed E-state index contributed by atoms with van der Waals surface area (Å²) in [5.41, 5.74) is 0.658. The van der Waals surface area contributed by atoms with Gasteiger partial charge in [0.25, 0.3) is 11.8 Å². The molecule has 134 valence electrons. The van der Waals surface area contributed by atoms with E-state index in [2.05, 4.69) is 17.3 Å². The molecule has 5 aliphatic rings. The fourth-order valence-corrected chi connectivity index (χ4v) is 5.06. The Morgan fingerprint density at radius 1 is 1.19 bits per heavy atom. The first-order chi connectivity index (χ1) is 12.6. The molecular weight excluding hydrogens is 332 g/mol. The molecule has 1 aromatic carbocycles. The van der Waals surface area contributed by atoms with Gasteiger partial charge in [-0.2, -0.15) is 10.1 Å². The topological polar surface area (TPSA) is 79.2 Å². The van der Waals surface area contributed by atoms with Gasteiger partial charge in [-0.15, -0.1) is 0 Å². The third-order valence-electron chi connectivity index (χ3n) is 6.25. The number of phenolic OH excluding ortho intramolecular Hbond substituents is 1. The normalized spacial score (nSPS) is 36.6. The summed E-state index contributed by atoms with van der Waals surface area (Å²) in [6, 6.07) is 4.82. The quantitative estimate of drug-likeness (QED) is 0.512. The van der Waals surface area contributed by atoms with Gasteiger partial charge in [-0.05, 0) is 60.8 Å². The van der Waals surface area contributed by atoms with Gasteiger partial charge in [-0.1, -0.05) is 12.2 Å². The smallest absolute Gasteiger partial charge is 0.254 e. The molecule has 6 rings (SSSR count). The molecule has 2 amide bonds. The van der Waals surface area contributed by atoms with E-state index in [1.54, 1.807) is 12.1 Å². The van der Waals surface area contributed by atoms with E-state index in [1.165, 1.54) is 12.3 Å². The number of hydrogen-bond acceptors (Lipinski definition) is 5. The molecule has 3 fully saturated rings. The minimum atomic E-state index is -0.239. The first-order valence-corrected chi connectivity index (χ1v) is 9.16. The van der Waals surface area contributed by atoms with E-state index in [4.69, 9.17) is 4.74 Å². The molecule has 0 aromatic heterocycles. The second-order valence-electron chi connectivity index (χ2n) is 7.55. The van der Waals surface area contributed by atoms with Crippen LogP contribution in [0.2, 0.25) is 0 Å².